The van der Waals surface area contributed by atoms with Crippen molar-refractivity contribution >= 4 is 23.3 Å². The van der Waals surface area contributed by atoms with Crippen molar-refractivity contribution in [1.82, 2.24) is 15.0 Å². The van der Waals surface area contributed by atoms with Crippen molar-refractivity contribution in [3.63, 3.8) is 0 Å². The molecule has 0 bridgehead atoms. The summed E-state index contributed by atoms with van der Waals surface area (Å²) in [6.45, 7) is 0.0403. The summed E-state index contributed by atoms with van der Waals surface area (Å²) in [6.07, 6.45) is 1.66. The van der Waals surface area contributed by atoms with Gasteiger partial charge in [0.25, 0.3) is 0 Å². The molecule has 0 aliphatic heterocycles. The zero-order chi connectivity index (χ0) is 13.1. The summed E-state index contributed by atoms with van der Waals surface area (Å²) < 4.78 is 6.59. The molecule has 7 heteroatoms. The Morgan fingerprint density at radius 2 is 2.33 bits per heavy atom. The van der Waals surface area contributed by atoms with Gasteiger partial charge in [-0.1, -0.05) is 22.9 Å². The zero-order valence-corrected chi connectivity index (χ0v) is 10.4. The maximum atomic E-state index is 11.8. The lowest BCUT2D eigenvalue weighted by molar-refractivity contribution is 0.0469. The number of halogens is 1. The number of esters is 1. The van der Waals surface area contributed by atoms with E-state index in [2.05, 4.69) is 10.3 Å². The molecule has 0 saturated carbocycles. The Balaban J connectivity index is 2.06. The number of para-hydroxylation sites is 1. The largest absolute Gasteiger partial charge is 0.455 e. The van der Waals surface area contributed by atoms with Crippen LogP contribution in [0.3, 0.4) is 0 Å². The Kier molecular flexibility index (Phi) is 3.47. The van der Waals surface area contributed by atoms with Crippen LogP contribution >= 0.6 is 11.6 Å². The molecule has 0 amide bonds. The molecule has 0 aliphatic carbocycles. The number of aryl methyl sites for hydroxylation is 1. The van der Waals surface area contributed by atoms with E-state index >= 15 is 0 Å². The van der Waals surface area contributed by atoms with E-state index in [1.54, 1.807) is 31.4 Å². The molecule has 1 aromatic heterocycles. The third-order valence-electron chi connectivity index (χ3n) is 2.27. The van der Waals surface area contributed by atoms with Gasteiger partial charge in [0.15, 0.2) is 0 Å². The van der Waals surface area contributed by atoms with Crippen molar-refractivity contribution in [1.29, 1.82) is 0 Å². The SMILES string of the molecule is Cn1cc(COC(=O)c2cccc(Cl)c2N)nn1. The van der Waals surface area contributed by atoms with Gasteiger partial charge in [-0.25, -0.2) is 4.79 Å². The molecule has 2 N–H and O–H groups in total. The molecule has 0 saturated heterocycles. The van der Waals surface area contributed by atoms with Crippen molar-refractivity contribution in [2.24, 2.45) is 7.05 Å². The molecule has 0 atom stereocenters. The summed E-state index contributed by atoms with van der Waals surface area (Å²) in [5.41, 5.74) is 6.71. The smallest absolute Gasteiger partial charge is 0.340 e. The summed E-state index contributed by atoms with van der Waals surface area (Å²) in [4.78, 5) is 11.8. The van der Waals surface area contributed by atoms with E-state index in [0.717, 1.165) is 0 Å². The standard InChI is InChI=1S/C11H11ClN4O2/c1-16-5-7(14-15-16)6-18-11(17)8-3-2-4-9(12)10(8)13/h2-5H,6,13H2,1H3. The van der Waals surface area contributed by atoms with Crippen molar-refractivity contribution in [3.05, 3.63) is 40.7 Å². The normalized spacial score (nSPS) is 10.3. The number of carbonyl (C=O) groups is 1. The van der Waals surface area contributed by atoms with E-state index in [4.69, 9.17) is 22.1 Å². The first-order valence-corrected chi connectivity index (χ1v) is 5.52. The molecule has 0 unspecified atom stereocenters. The quantitative estimate of drug-likeness (QED) is 0.671. The summed E-state index contributed by atoms with van der Waals surface area (Å²) in [7, 11) is 1.73. The molecule has 18 heavy (non-hydrogen) atoms. The number of anilines is 1. The van der Waals surface area contributed by atoms with Gasteiger partial charge in [-0.05, 0) is 12.1 Å². The topological polar surface area (TPSA) is 83.0 Å². The van der Waals surface area contributed by atoms with Gasteiger partial charge in [-0.2, -0.15) is 0 Å². The van der Waals surface area contributed by atoms with E-state index in [1.807, 2.05) is 0 Å². The molecular formula is C11H11ClN4O2. The highest BCUT2D eigenvalue weighted by molar-refractivity contribution is 6.33. The number of nitrogen functional groups attached to an aromatic ring is 1. The average molecular weight is 267 g/mol. The van der Waals surface area contributed by atoms with E-state index in [0.29, 0.717) is 10.7 Å². The highest BCUT2D eigenvalue weighted by atomic mass is 35.5. The van der Waals surface area contributed by atoms with Crippen LogP contribution in [0.15, 0.2) is 24.4 Å². The first-order valence-electron chi connectivity index (χ1n) is 5.14. The van der Waals surface area contributed by atoms with Gasteiger partial charge in [0.1, 0.15) is 12.3 Å². The van der Waals surface area contributed by atoms with Crippen LogP contribution in [0.4, 0.5) is 5.69 Å². The molecule has 0 radical (unpaired) electrons. The molecule has 94 valence electrons. The third kappa shape index (κ3) is 2.60. The molecule has 0 spiro atoms. The molecule has 6 nitrogen and oxygen atoms in total. The van der Waals surface area contributed by atoms with Crippen LogP contribution in [0.5, 0.6) is 0 Å². The van der Waals surface area contributed by atoms with Crippen LogP contribution in [0, 0.1) is 0 Å². The third-order valence-corrected chi connectivity index (χ3v) is 2.60. The fourth-order valence-electron chi connectivity index (χ4n) is 1.39. The van der Waals surface area contributed by atoms with Gasteiger partial charge >= 0.3 is 5.97 Å². The van der Waals surface area contributed by atoms with Crippen molar-refractivity contribution in [2.45, 2.75) is 6.61 Å². The van der Waals surface area contributed by atoms with Gasteiger partial charge in [0, 0.05) is 7.05 Å². The monoisotopic (exact) mass is 266 g/mol. The first kappa shape index (κ1) is 12.4. The van der Waals surface area contributed by atoms with Crippen molar-refractivity contribution < 1.29 is 9.53 Å². The Morgan fingerprint density at radius 3 is 3.00 bits per heavy atom. The Hall–Kier alpha value is -2.08. The summed E-state index contributed by atoms with van der Waals surface area (Å²) in [5.74, 6) is -0.541. The lowest BCUT2D eigenvalue weighted by Gasteiger charge is -2.06. The number of aromatic nitrogens is 3. The predicted molar refractivity (Wildman–Crippen MR) is 66.0 cm³/mol. The first-order chi connectivity index (χ1) is 8.58. The number of carbonyl (C=O) groups excluding carboxylic acids is 1. The average Bonchev–Trinajstić information content (AvgIpc) is 2.76. The van der Waals surface area contributed by atoms with Crippen molar-refractivity contribution in [3.8, 4) is 0 Å². The number of hydrogen-bond acceptors (Lipinski definition) is 5. The maximum absolute atomic E-state index is 11.8. The molecule has 2 aromatic rings. The van der Waals surface area contributed by atoms with Gasteiger partial charge in [-0.15, -0.1) is 5.10 Å². The van der Waals surface area contributed by atoms with Crippen LogP contribution in [-0.2, 0) is 18.4 Å². The van der Waals surface area contributed by atoms with Crippen LogP contribution in [-0.4, -0.2) is 21.0 Å². The zero-order valence-electron chi connectivity index (χ0n) is 9.63. The summed E-state index contributed by atoms with van der Waals surface area (Å²) in [6, 6.07) is 4.80. The van der Waals surface area contributed by atoms with Gasteiger partial charge < -0.3 is 10.5 Å². The molecule has 2 rings (SSSR count). The second-order valence-corrected chi connectivity index (χ2v) is 4.07. The van der Waals surface area contributed by atoms with E-state index in [-0.39, 0.29) is 17.9 Å². The summed E-state index contributed by atoms with van der Waals surface area (Å²) in [5, 5.41) is 7.85. The number of nitrogens with two attached hydrogens (primary N) is 1. The second-order valence-electron chi connectivity index (χ2n) is 3.66. The number of hydrogen-bond donors (Lipinski definition) is 1. The Labute approximate surface area is 108 Å². The number of benzene rings is 1. The van der Waals surface area contributed by atoms with Crippen molar-refractivity contribution in [2.75, 3.05) is 5.73 Å². The van der Waals surface area contributed by atoms with Gasteiger partial charge in [0.2, 0.25) is 0 Å². The van der Waals surface area contributed by atoms with E-state index in [9.17, 15) is 4.79 Å². The van der Waals surface area contributed by atoms with E-state index in [1.165, 1.54) is 4.68 Å². The fraction of sp³-hybridized carbons (Fsp3) is 0.182. The second kappa shape index (κ2) is 5.05. The minimum absolute atomic E-state index is 0.0403. The predicted octanol–water partition coefficient (Wildman–Crippen LogP) is 1.41. The number of nitrogens with zero attached hydrogens (tertiary/aromatic N) is 3. The minimum Gasteiger partial charge on any atom is -0.455 e. The lowest BCUT2D eigenvalue weighted by Crippen LogP contribution is -2.08. The minimum atomic E-state index is -0.541. The molecule has 1 aromatic carbocycles. The fourth-order valence-corrected chi connectivity index (χ4v) is 1.57. The molecule has 0 fully saturated rings. The van der Waals surface area contributed by atoms with E-state index < -0.39 is 5.97 Å². The van der Waals surface area contributed by atoms with Gasteiger partial charge in [0.05, 0.1) is 22.5 Å². The van der Waals surface area contributed by atoms with Crippen LogP contribution < -0.4 is 5.73 Å². The maximum Gasteiger partial charge on any atom is 0.340 e. The lowest BCUT2D eigenvalue weighted by atomic mass is 10.2. The number of rotatable bonds is 3. The molecular weight excluding hydrogens is 256 g/mol. The van der Waals surface area contributed by atoms with Crippen LogP contribution in [0.25, 0.3) is 0 Å². The molecule has 0 aliphatic rings. The van der Waals surface area contributed by atoms with Crippen LogP contribution in [0.2, 0.25) is 5.02 Å². The summed E-state index contributed by atoms with van der Waals surface area (Å²) >= 11 is 5.82. The van der Waals surface area contributed by atoms with Gasteiger partial charge in [-0.3, -0.25) is 4.68 Å². The highest BCUT2D eigenvalue weighted by Gasteiger charge is 2.13. The Bertz CT molecular complexity index is 582. The van der Waals surface area contributed by atoms with Crippen LogP contribution in [0.1, 0.15) is 16.1 Å². The Morgan fingerprint density at radius 1 is 1.56 bits per heavy atom. The number of ether oxygens (including phenoxy) is 1. The molecule has 1 heterocycles. The highest BCUT2D eigenvalue weighted by Crippen LogP contribution is 2.23.